The fourth-order valence-corrected chi connectivity index (χ4v) is 2.64. The Morgan fingerprint density at radius 1 is 1.36 bits per heavy atom. The largest absolute Gasteiger partial charge is 0.493 e. The molecular formula is C20H22ClNO6. The van der Waals surface area contributed by atoms with Crippen molar-refractivity contribution in [1.29, 1.82) is 0 Å². The lowest BCUT2D eigenvalue weighted by Gasteiger charge is -2.12. The van der Waals surface area contributed by atoms with Gasteiger partial charge in [0.1, 0.15) is 5.76 Å². The molecule has 28 heavy (non-hydrogen) atoms. The standard InChI is InChI=1S/C20H22ClNO6/c1-4-26-20-15(21)10-14(11-17(20)25-3)7-8-19(24)28-12-18(23)22-13(2)16-6-5-9-27-16/h5-11,13H,4,12H2,1-3H3,(H,22,23)/b8-7+/t13-/m1/s1. The summed E-state index contributed by atoms with van der Waals surface area (Å²) in [6.45, 7) is 3.65. The number of amides is 1. The summed E-state index contributed by atoms with van der Waals surface area (Å²) in [6.07, 6.45) is 4.23. The zero-order valence-corrected chi connectivity index (χ0v) is 16.6. The molecule has 8 heteroatoms. The maximum atomic E-state index is 11.9. The minimum atomic E-state index is -0.662. The first-order valence-electron chi connectivity index (χ1n) is 8.62. The number of hydrogen-bond acceptors (Lipinski definition) is 6. The minimum Gasteiger partial charge on any atom is -0.493 e. The average Bonchev–Trinajstić information content (AvgIpc) is 3.21. The van der Waals surface area contributed by atoms with Gasteiger partial charge in [0.05, 0.1) is 31.0 Å². The molecule has 7 nitrogen and oxygen atoms in total. The summed E-state index contributed by atoms with van der Waals surface area (Å²) in [6, 6.07) is 6.46. The Morgan fingerprint density at radius 2 is 2.14 bits per heavy atom. The van der Waals surface area contributed by atoms with Crippen molar-refractivity contribution in [2.75, 3.05) is 20.3 Å². The molecule has 0 saturated carbocycles. The van der Waals surface area contributed by atoms with Gasteiger partial charge in [-0.05, 0) is 49.8 Å². The van der Waals surface area contributed by atoms with Gasteiger partial charge in [-0.3, -0.25) is 4.79 Å². The van der Waals surface area contributed by atoms with E-state index in [2.05, 4.69) is 5.32 Å². The highest BCUT2D eigenvalue weighted by Crippen LogP contribution is 2.36. The fourth-order valence-electron chi connectivity index (χ4n) is 2.36. The summed E-state index contributed by atoms with van der Waals surface area (Å²) in [5.41, 5.74) is 0.623. The first-order chi connectivity index (χ1) is 13.4. The van der Waals surface area contributed by atoms with Gasteiger partial charge in [-0.2, -0.15) is 0 Å². The van der Waals surface area contributed by atoms with Gasteiger partial charge in [0, 0.05) is 6.08 Å². The van der Waals surface area contributed by atoms with E-state index < -0.39 is 18.5 Å². The van der Waals surface area contributed by atoms with Gasteiger partial charge in [0.2, 0.25) is 0 Å². The third-order valence-corrected chi connectivity index (χ3v) is 3.93. The molecule has 0 unspecified atom stereocenters. The molecule has 0 aliphatic heterocycles. The van der Waals surface area contributed by atoms with Crippen LogP contribution in [0.3, 0.4) is 0 Å². The van der Waals surface area contributed by atoms with Crippen LogP contribution in [-0.2, 0) is 14.3 Å². The normalized spacial score (nSPS) is 11.9. The molecule has 2 aromatic rings. The van der Waals surface area contributed by atoms with Crippen molar-refractivity contribution < 1.29 is 28.2 Å². The molecule has 1 aromatic carbocycles. The van der Waals surface area contributed by atoms with Gasteiger partial charge in [-0.15, -0.1) is 0 Å². The molecule has 0 saturated heterocycles. The van der Waals surface area contributed by atoms with E-state index in [9.17, 15) is 9.59 Å². The van der Waals surface area contributed by atoms with Crippen LogP contribution in [0.4, 0.5) is 0 Å². The van der Waals surface area contributed by atoms with Crippen LogP contribution < -0.4 is 14.8 Å². The number of ether oxygens (including phenoxy) is 3. The van der Waals surface area contributed by atoms with Crippen molar-refractivity contribution in [2.45, 2.75) is 19.9 Å². The zero-order chi connectivity index (χ0) is 20.5. The quantitative estimate of drug-likeness (QED) is 0.503. The molecule has 1 atom stereocenters. The minimum absolute atomic E-state index is 0.324. The van der Waals surface area contributed by atoms with E-state index in [-0.39, 0.29) is 6.04 Å². The summed E-state index contributed by atoms with van der Waals surface area (Å²) in [4.78, 5) is 23.7. The lowest BCUT2D eigenvalue weighted by molar-refractivity contribution is -0.144. The Kier molecular flexibility index (Phi) is 7.95. The van der Waals surface area contributed by atoms with Crippen LogP contribution in [0.1, 0.15) is 31.2 Å². The van der Waals surface area contributed by atoms with Crippen molar-refractivity contribution >= 4 is 29.6 Å². The topological polar surface area (TPSA) is 87.0 Å². The molecular weight excluding hydrogens is 386 g/mol. The molecule has 0 radical (unpaired) electrons. The van der Waals surface area contributed by atoms with Crippen LogP contribution in [0.25, 0.3) is 6.08 Å². The van der Waals surface area contributed by atoms with Crippen molar-refractivity contribution in [3.05, 3.63) is 53.0 Å². The van der Waals surface area contributed by atoms with Crippen LogP contribution in [-0.4, -0.2) is 32.2 Å². The van der Waals surface area contributed by atoms with Crippen LogP contribution in [0.2, 0.25) is 5.02 Å². The van der Waals surface area contributed by atoms with Gasteiger partial charge in [0.15, 0.2) is 18.1 Å². The maximum Gasteiger partial charge on any atom is 0.331 e. The smallest absolute Gasteiger partial charge is 0.331 e. The molecule has 1 amide bonds. The molecule has 0 aliphatic carbocycles. The van der Waals surface area contributed by atoms with Gasteiger partial charge in [0.25, 0.3) is 5.91 Å². The second-order valence-electron chi connectivity index (χ2n) is 5.71. The van der Waals surface area contributed by atoms with Crippen molar-refractivity contribution in [1.82, 2.24) is 5.32 Å². The average molecular weight is 408 g/mol. The van der Waals surface area contributed by atoms with E-state index in [0.717, 1.165) is 0 Å². The lowest BCUT2D eigenvalue weighted by Crippen LogP contribution is -2.30. The van der Waals surface area contributed by atoms with E-state index >= 15 is 0 Å². The first kappa shape index (κ1) is 21.4. The summed E-state index contributed by atoms with van der Waals surface area (Å²) in [7, 11) is 1.50. The Labute approximate surface area is 168 Å². The fraction of sp³-hybridized carbons (Fsp3) is 0.300. The Morgan fingerprint density at radius 3 is 2.79 bits per heavy atom. The van der Waals surface area contributed by atoms with Crippen molar-refractivity contribution in [3.63, 3.8) is 0 Å². The van der Waals surface area contributed by atoms with E-state index in [1.807, 2.05) is 6.92 Å². The van der Waals surface area contributed by atoms with Crippen LogP contribution >= 0.6 is 11.6 Å². The number of carbonyl (C=O) groups excluding carboxylic acids is 2. The predicted molar refractivity (Wildman–Crippen MR) is 104 cm³/mol. The highest BCUT2D eigenvalue weighted by molar-refractivity contribution is 6.32. The van der Waals surface area contributed by atoms with E-state index in [1.54, 1.807) is 31.2 Å². The van der Waals surface area contributed by atoms with E-state index in [1.165, 1.54) is 25.5 Å². The first-order valence-corrected chi connectivity index (χ1v) is 9.00. The molecule has 0 spiro atoms. The molecule has 1 N–H and O–H groups in total. The number of benzene rings is 1. The Balaban J connectivity index is 1.89. The molecule has 0 aliphatic rings. The van der Waals surface area contributed by atoms with Gasteiger partial charge in [-0.25, -0.2) is 4.79 Å². The number of hydrogen-bond donors (Lipinski definition) is 1. The third-order valence-electron chi connectivity index (χ3n) is 3.65. The van der Waals surface area contributed by atoms with Gasteiger partial charge in [-0.1, -0.05) is 11.6 Å². The molecule has 0 bridgehead atoms. The van der Waals surface area contributed by atoms with Crippen LogP contribution in [0.15, 0.2) is 41.0 Å². The van der Waals surface area contributed by atoms with Crippen LogP contribution in [0.5, 0.6) is 11.5 Å². The highest BCUT2D eigenvalue weighted by atomic mass is 35.5. The summed E-state index contributed by atoms with van der Waals surface area (Å²) in [5, 5.41) is 3.03. The number of methoxy groups -OCH3 is 1. The van der Waals surface area contributed by atoms with Crippen LogP contribution in [0, 0.1) is 0 Å². The van der Waals surface area contributed by atoms with Crippen molar-refractivity contribution in [2.24, 2.45) is 0 Å². The zero-order valence-electron chi connectivity index (χ0n) is 15.9. The maximum absolute atomic E-state index is 11.9. The monoisotopic (exact) mass is 407 g/mol. The number of esters is 1. The summed E-state index contributed by atoms with van der Waals surface area (Å²) in [5.74, 6) is 0.407. The van der Waals surface area contributed by atoms with E-state index in [4.69, 9.17) is 30.2 Å². The molecule has 1 heterocycles. The highest BCUT2D eigenvalue weighted by Gasteiger charge is 2.13. The van der Waals surface area contributed by atoms with E-state index in [0.29, 0.717) is 34.5 Å². The number of rotatable bonds is 9. The summed E-state index contributed by atoms with van der Waals surface area (Å²) < 4.78 is 20.8. The van der Waals surface area contributed by atoms with Gasteiger partial charge >= 0.3 is 5.97 Å². The molecule has 150 valence electrons. The number of halogens is 1. The number of nitrogens with one attached hydrogen (secondary N) is 1. The Bertz CT molecular complexity index is 831. The lowest BCUT2D eigenvalue weighted by atomic mass is 10.2. The molecule has 0 fully saturated rings. The van der Waals surface area contributed by atoms with Crippen molar-refractivity contribution in [3.8, 4) is 11.5 Å². The Hall–Kier alpha value is -2.93. The second kappa shape index (κ2) is 10.4. The van der Waals surface area contributed by atoms with Gasteiger partial charge < -0.3 is 23.9 Å². The SMILES string of the molecule is CCOc1c(Cl)cc(/C=C/C(=O)OCC(=O)N[C@H](C)c2ccco2)cc1OC. The summed E-state index contributed by atoms with van der Waals surface area (Å²) >= 11 is 6.19. The number of furan rings is 1. The third kappa shape index (κ3) is 6.06. The number of carbonyl (C=O) groups is 2. The second-order valence-corrected chi connectivity index (χ2v) is 6.12. The predicted octanol–water partition coefficient (Wildman–Crippen LogP) is 3.77. The molecule has 1 aromatic heterocycles. The molecule has 2 rings (SSSR count).